The van der Waals surface area contributed by atoms with E-state index in [0.717, 1.165) is 5.30 Å². The quantitative estimate of drug-likeness (QED) is 0.590. The highest BCUT2D eigenvalue weighted by Gasteiger charge is 2.15. The third-order valence-corrected chi connectivity index (χ3v) is 6.51. The molecular formula is C18H15O2PS. The van der Waals surface area contributed by atoms with Gasteiger partial charge in [-0.1, -0.05) is 72.8 Å². The summed E-state index contributed by atoms with van der Waals surface area (Å²) in [6.07, 6.45) is 0. The van der Waals surface area contributed by atoms with Gasteiger partial charge in [0.2, 0.25) is 0 Å². The van der Waals surface area contributed by atoms with Crippen LogP contribution in [-0.4, -0.2) is 8.42 Å². The number of hydrogen-bond donors (Lipinski definition) is 1. The summed E-state index contributed by atoms with van der Waals surface area (Å²) in [6.45, 7) is 0. The van der Waals surface area contributed by atoms with Crippen LogP contribution in [0.15, 0.2) is 89.8 Å². The standard InChI is InChI=1S/C18H15O2PS/c19-22(20)18-13-11-17(12-14-18)21(15-7-3-1-4-8-15)16-9-5-2-6-10-16/h1-14,22H. The van der Waals surface area contributed by atoms with Gasteiger partial charge in [0.15, 0.2) is 10.7 Å². The third-order valence-electron chi connectivity index (χ3n) is 3.35. The first kappa shape index (κ1) is 15.0. The summed E-state index contributed by atoms with van der Waals surface area (Å²) < 4.78 is 22.1. The Morgan fingerprint density at radius 1 is 0.545 bits per heavy atom. The molecule has 0 heterocycles. The average molecular weight is 326 g/mol. The maximum absolute atomic E-state index is 11.1. The molecule has 2 nitrogen and oxygen atoms in total. The molecule has 0 atom stereocenters. The van der Waals surface area contributed by atoms with Crippen LogP contribution in [0.25, 0.3) is 0 Å². The molecule has 0 saturated heterocycles. The maximum atomic E-state index is 11.1. The van der Waals surface area contributed by atoms with Gasteiger partial charge in [0.05, 0.1) is 4.90 Å². The summed E-state index contributed by atoms with van der Waals surface area (Å²) in [5, 5.41) is 3.65. The summed E-state index contributed by atoms with van der Waals surface area (Å²) in [5.74, 6) is 0. The molecule has 0 bridgehead atoms. The van der Waals surface area contributed by atoms with Crippen LogP contribution in [0.1, 0.15) is 0 Å². The average Bonchev–Trinajstić information content (AvgIpc) is 2.57. The van der Waals surface area contributed by atoms with E-state index in [1.807, 2.05) is 48.5 Å². The zero-order valence-corrected chi connectivity index (χ0v) is 13.6. The highest BCUT2D eigenvalue weighted by atomic mass is 32.2. The minimum atomic E-state index is -2.53. The van der Waals surface area contributed by atoms with Crippen molar-refractivity contribution < 1.29 is 8.42 Å². The second-order valence-electron chi connectivity index (χ2n) is 4.78. The molecular weight excluding hydrogens is 311 g/mol. The van der Waals surface area contributed by atoms with Gasteiger partial charge in [0, 0.05) is 0 Å². The fourth-order valence-corrected chi connectivity index (χ4v) is 5.00. The Morgan fingerprint density at radius 3 is 1.36 bits per heavy atom. The van der Waals surface area contributed by atoms with Gasteiger partial charge in [-0.15, -0.1) is 0 Å². The number of thiol groups is 1. The minimum Gasteiger partial charge on any atom is -0.227 e. The molecule has 110 valence electrons. The van der Waals surface area contributed by atoms with Crippen LogP contribution in [-0.2, 0) is 10.7 Å². The molecule has 0 fully saturated rings. The van der Waals surface area contributed by atoms with Crippen molar-refractivity contribution >= 4 is 34.5 Å². The fourth-order valence-electron chi connectivity index (χ4n) is 2.32. The van der Waals surface area contributed by atoms with Gasteiger partial charge in [-0.2, -0.15) is 0 Å². The molecule has 0 aromatic heterocycles. The van der Waals surface area contributed by atoms with E-state index in [0.29, 0.717) is 4.90 Å². The molecule has 0 N–H and O–H groups in total. The lowest BCUT2D eigenvalue weighted by atomic mass is 10.3. The van der Waals surface area contributed by atoms with Crippen molar-refractivity contribution in [2.45, 2.75) is 4.90 Å². The van der Waals surface area contributed by atoms with Gasteiger partial charge < -0.3 is 0 Å². The summed E-state index contributed by atoms with van der Waals surface area (Å²) in [4.78, 5) is 0.356. The van der Waals surface area contributed by atoms with Crippen LogP contribution in [0.2, 0.25) is 0 Å². The molecule has 0 spiro atoms. The summed E-state index contributed by atoms with van der Waals surface area (Å²) in [6, 6.07) is 27.9. The SMILES string of the molecule is O=[SH](=O)c1ccc(P(c2ccccc2)c2ccccc2)cc1. The van der Waals surface area contributed by atoms with E-state index < -0.39 is 18.6 Å². The highest BCUT2D eigenvalue weighted by Crippen LogP contribution is 2.32. The maximum Gasteiger partial charge on any atom is 0.168 e. The molecule has 0 unspecified atom stereocenters. The second-order valence-corrected chi connectivity index (χ2v) is 8.03. The molecule has 0 saturated carbocycles. The molecule has 3 rings (SSSR count). The highest BCUT2D eigenvalue weighted by molar-refractivity contribution is 7.79. The predicted molar refractivity (Wildman–Crippen MR) is 93.7 cm³/mol. The van der Waals surface area contributed by atoms with Crippen molar-refractivity contribution in [1.29, 1.82) is 0 Å². The normalized spacial score (nSPS) is 11.0. The Morgan fingerprint density at radius 2 is 0.955 bits per heavy atom. The van der Waals surface area contributed by atoms with Crippen molar-refractivity contribution in [1.82, 2.24) is 0 Å². The lowest BCUT2D eigenvalue weighted by molar-refractivity contribution is 0.614. The van der Waals surface area contributed by atoms with Crippen LogP contribution in [0.4, 0.5) is 0 Å². The smallest absolute Gasteiger partial charge is 0.168 e. The first-order valence-corrected chi connectivity index (χ1v) is 9.42. The van der Waals surface area contributed by atoms with Crippen LogP contribution in [0.3, 0.4) is 0 Å². The Balaban J connectivity index is 2.10. The lowest BCUT2D eigenvalue weighted by Crippen LogP contribution is -2.20. The predicted octanol–water partition coefficient (Wildman–Crippen LogP) is 2.42. The summed E-state index contributed by atoms with van der Waals surface area (Å²) in [7, 11) is -3.20. The van der Waals surface area contributed by atoms with Crippen LogP contribution >= 0.6 is 7.92 Å². The molecule has 3 aromatic rings. The topological polar surface area (TPSA) is 34.1 Å². The van der Waals surface area contributed by atoms with E-state index in [-0.39, 0.29) is 0 Å². The van der Waals surface area contributed by atoms with Crippen LogP contribution in [0, 0.1) is 0 Å². The van der Waals surface area contributed by atoms with E-state index in [1.165, 1.54) is 10.6 Å². The Labute approximate surface area is 133 Å². The Bertz CT molecular complexity index is 765. The van der Waals surface area contributed by atoms with Gasteiger partial charge in [0.1, 0.15) is 0 Å². The Kier molecular flexibility index (Phi) is 4.67. The molecule has 0 aliphatic carbocycles. The van der Waals surface area contributed by atoms with Crippen molar-refractivity contribution in [3.8, 4) is 0 Å². The monoisotopic (exact) mass is 326 g/mol. The Hall–Kier alpha value is -1.96. The molecule has 0 aliphatic rings. The van der Waals surface area contributed by atoms with E-state index >= 15 is 0 Å². The van der Waals surface area contributed by atoms with Crippen molar-refractivity contribution in [3.63, 3.8) is 0 Å². The van der Waals surface area contributed by atoms with E-state index in [4.69, 9.17) is 0 Å². The van der Waals surface area contributed by atoms with Crippen LogP contribution < -0.4 is 15.9 Å². The summed E-state index contributed by atoms with van der Waals surface area (Å²) in [5.41, 5.74) is 0. The molecule has 3 aromatic carbocycles. The van der Waals surface area contributed by atoms with Gasteiger partial charge >= 0.3 is 0 Å². The zero-order chi connectivity index (χ0) is 15.4. The number of benzene rings is 3. The first-order valence-electron chi connectivity index (χ1n) is 6.90. The van der Waals surface area contributed by atoms with Crippen LogP contribution in [0.5, 0.6) is 0 Å². The fraction of sp³-hybridized carbons (Fsp3) is 0. The van der Waals surface area contributed by atoms with E-state index in [2.05, 4.69) is 24.3 Å². The molecule has 4 heteroatoms. The largest absolute Gasteiger partial charge is 0.227 e. The minimum absolute atomic E-state index is 0.356. The number of hydrogen-bond acceptors (Lipinski definition) is 2. The number of rotatable bonds is 4. The molecule has 22 heavy (non-hydrogen) atoms. The van der Waals surface area contributed by atoms with Gasteiger partial charge in [-0.25, -0.2) is 8.42 Å². The van der Waals surface area contributed by atoms with Crippen molar-refractivity contribution in [2.75, 3.05) is 0 Å². The van der Waals surface area contributed by atoms with Gasteiger partial charge in [-0.3, -0.25) is 0 Å². The van der Waals surface area contributed by atoms with Gasteiger partial charge in [-0.05, 0) is 36.0 Å². The van der Waals surface area contributed by atoms with Crippen molar-refractivity contribution in [2.24, 2.45) is 0 Å². The second kappa shape index (κ2) is 6.87. The van der Waals surface area contributed by atoms with E-state index in [1.54, 1.807) is 12.1 Å². The first-order chi connectivity index (χ1) is 10.8. The zero-order valence-electron chi connectivity index (χ0n) is 11.8. The summed E-state index contributed by atoms with van der Waals surface area (Å²) >= 11 is 0. The molecule has 0 radical (unpaired) electrons. The molecule has 0 amide bonds. The molecule has 0 aliphatic heterocycles. The van der Waals surface area contributed by atoms with Gasteiger partial charge in [0.25, 0.3) is 0 Å². The third kappa shape index (κ3) is 3.27. The lowest BCUT2D eigenvalue weighted by Gasteiger charge is -2.19. The van der Waals surface area contributed by atoms with E-state index in [9.17, 15) is 8.42 Å². The van der Waals surface area contributed by atoms with Crippen molar-refractivity contribution in [3.05, 3.63) is 84.9 Å².